The van der Waals surface area contributed by atoms with Gasteiger partial charge in [-0.3, -0.25) is 19.4 Å². The van der Waals surface area contributed by atoms with Crippen LogP contribution in [-0.4, -0.2) is 58.7 Å². The van der Waals surface area contributed by atoms with E-state index < -0.39 is 5.41 Å². The first kappa shape index (κ1) is 24.1. The smallest absolute Gasteiger partial charge is 0.256 e. The van der Waals surface area contributed by atoms with Crippen molar-refractivity contribution in [2.75, 3.05) is 31.5 Å². The third-order valence-corrected chi connectivity index (χ3v) is 6.57. The Morgan fingerprint density at radius 1 is 0.829 bits per heavy atom. The number of anilines is 1. The monoisotopic (exact) mass is 470 g/mol. The molecule has 4 rings (SSSR count). The topological polar surface area (TPSA) is 82.6 Å². The summed E-state index contributed by atoms with van der Waals surface area (Å²) in [7, 11) is 0. The SMILES string of the molecule is Cc1cccc(C(=O)N2CCN(C(=O)C(C)(C)c3ccccc3)CC2)c1NC(=O)c1ccncc1. The molecule has 3 amide bonds. The molecule has 0 saturated carbocycles. The van der Waals surface area contributed by atoms with E-state index in [-0.39, 0.29) is 17.7 Å². The molecule has 2 heterocycles. The first-order chi connectivity index (χ1) is 16.8. The number of aryl methyl sites for hydroxylation is 1. The second-order valence-corrected chi connectivity index (χ2v) is 9.26. The predicted octanol–water partition coefficient (Wildman–Crippen LogP) is 3.90. The summed E-state index contributed by atoms with van der Waals surface area (Å²) in [5.74, 6) is -0.404. The molecule has 7 nitrogen and oxygen atoms in total. The zero-order chi connectivity index (χ0) is 25.0. The lowest BCUT2D eigenvalue weighted by molar-refractivity contribution is -0.137. The summed E-state index contributed by atoms with van der Waals surface area (Å²) < 4.78 is 0. The van der Waals surface area contributed by atoms with Crippen LogP contribution in [0, 0.1) is 6.92 Å². The lowest BCUT2D eigenvalue weighted by Crippen LogP contribution is -2.54. The van der Waals surface area contributed by atoms with E-state index in [2.05, 4.69) is 10.3 Å². The van der Waals surface area contributed by atoms with Gasteiger partial charge in [0.2, 0.25) is 5.91 Å². The van der Waals surface area contributed by atoms with Gasteiger partial charge in [0.15, 0.2) is 0 Å². The number of amides is 3. The summed E-state index contributed by atoms with van der Waals surface area (Å²) in [4.78, 5) is 47.0. The Balaban J connectivity index is 1.46. The van der Waals surface area contributed by atoms with Gasteiger partial charge in [-0.2, -0.15) is 0 Å². The fourth-order valence-electron chi connectivity index (χ4n) is 4.36. The van der Waals surface area contributed by atoms with Crippen LogP contribution in [0.1, 0.15) is 45.7 Å². The largest absolute Gasteiger partial charge is 0.338 e. The van der Waals surface area contributed by atoms with Crippen molar-refractivity contribution in [2.24, 2.45) is 0 Å². The maximum Gasteiger partial charge on any atom is 0.256 e. The van der Waals surface area contributed by atoms with E-state index in [1.807, 2.05) is 68.1 Å². The molecule has 0 bridgehead atoms. The lowest BCUT2D eigenvalue weighted by Gasteiger charge is -2.39. The molecule has 35 heavy (non-hydrogen) atoms. The second kappa shape index (κ2) is 10.1. The number of hydrogen-bond acceptors (Lipinski definition) is 4. The van der Waals surface area contributed by atoms with Gasteiger partial charge >= 0.3 is 0 Å². The summed E-state index contributed by atoms with van der Waals surface area (Å²) in [6.07, 6.45) is 3.11. The van der Waals surface area contributed by atoms with Crippen LogP contribution >= 0.6 is 0 Å². The van der Waals surface area contributed by atoms with Crippen LogP contribution in [0.3, 0.4) is 0 Å². The minimum absolute atomic E-state index is 0.0525. The molecule has 7 heteroatoms. The molecule has 180 valence electrons. The van der Waals surface area contributed by atoms with Crippen LogP contribution in [0.25, 0.3) is 0 Å². The summed E-state index contributed by atoms with van der Waals surface area (Å²) >= 11 is 0. The number of benzene rings is 2. The van der Waals surface area contributed by atoms with Gasteiger partial charge < -0.3 is 15.1 Å². The van der Waals surface area contributed by atoms with Gasteiger partial charge in [0, 0.05) is 44.1 Å². The van der Waals surface area contributed by atoms with Crippen molar-refractivity contribution in [1.29, 1.82) is 0 Å². The van der Waals surface area contributed by atoms with Crippen molar-refractivity contribution < 1.29 is 14.4 Å². The van der Waals surface area contributed by atoms with Gasteiger partial charge in [0.05, 0.1) is 16.7 Å². The molecule has 0 spiro atoms. The van der Waals surface area contributed by atoms with Gasteiger partial charge in [0.1, 0.15) is 0 Å². The maximum atomic E-state index is 13.4. The molecule has 0 unspecified atom stereocenters. The Hall–Kier alpha value is -4.00. The Bertz CT molecular complexity index is 1220. The minimum atomic E-state index is -0.644. The van der Waals surface area contributed by atoms with Crippen molar-refractivity contribution in [2.45, 2.75) is 26.2 Å². The van der Waals surface area contributed by atoms with Crippen molar-refractivity contribution in [3.63, 3.8) is 0 Å². The molecule has 0 aliphatic carbocycles. The fourth-order valence-corrected chi connectivity index (χ4v) is 4.36. The number of carbonyl (C=O) groups is 3. The van der Waals surface area contributed by atoms with Crippen LogP contribution in [0.5, 0.6) is 0 Å². The lowest BCUT2D eigenvalue weighted by atomic mass is 9.83. The summed E-state index contributed by atoms with van der Waals surface area (Å²) in [6.45, 7) is 7.53. The maximum absolute atomic E-state index is 13.4. The molecule has 1 aliphatic rings. The first-order valence-electron chi connectivity index (χ1n) is 11.7. The molecular formula is C28H30N4O3. The molecule has 3 aromatic rings. The standard InChI is InChI=1S/C28H30N4O3/c1-20-8-7-11-23(24(20)30-25(33)21-12-14-29-15-13-21)26(34)31-16-18-32(19-17-31)27(35)28(2,3)22-9-5-4-6-10-22/h4-15H,16-19H2,1-3H3,(H,30,33). The normalized spacial score (nSPS) is 13.9. The Morgan fingerprint density at radius 3 is 2.11 bits per heavy atom. The number of hydrogen-bond donors (Lipinski definition) is 1. The summed E-state index contributed by atoms with van der Waals surface area (Å²) in [5.41, 5.74) is 2.54. The Kier molecular flexibility index (Phi) is 6.96. The molecule has 1 aromatic heterocycles. The van der Waals surface area contributed by atoms with Crippen molar-refractivity contribution in [3.05, 3.63) is 95.3 Å². The molecule has 1 saturated heterocycles. The molecular weight excluding hydrogens is 440 g/mol. The second-order valence-electron chi connectivity index (χ2n) is 9.26. The van der Waals surface area contributed by atoms with Crippen molar-refractivity contribution >= 4 is 23.4 Å². The molecule has 1 fully saturated rings. The highest BCUT2D eigenvalue weighted by molar-refractivity contribution is 6.09. The van der Waals surface area contributed by atoms with E-state index in [4.69, 9.17) is 0 Å². The van der Waals surface area contributed by atoms with E-state index in [0.29, 0.717) is 43.0 Å². The van der Waals surface area contributed by atoms with E-state index in [0.717, 1.165) is 11.1 Å². The van der Waals surface area contributed by atoms with Crippen molar-refractivity contribution in [3.8, 4) is 0 Å². The van der Waals surface area contributed by atoms with Gasteiger partial charge in [-0.1, -0.05) is 42.5 Å². The van der Waals surface area contributed by atoms with Gasteiger partial charge in [-0.15, -0.1) is 0 Å². The Labute approximate surface area is 205 Å². The number of nitrogens with zero attached hydrogens (tertiary/aromatic N) is 3. The fraction of sp³-hybridized carbons (Fsp3) is 0.286. The number of rotatable bonds is 5. The van der Waals surface area contributed by atoms with E-state index in [1.165, 1.54) is 0 Å². The summed E-state index contributed by atoms with van der Waals surface area (Å²) in [6, 6.07) is 18.4. The molecule has 0 radical (unpaired) electrons. The first-order valence-corrected chi connectivity index (χ1v) is 11.7. The highest BCUT2D eigenvalue weighted by Gasteiger charge is 2.36. The molecule has 1 aliphatic heterocycles. The number of pyridine rings is 1. The molecule has 1 N–H and O–H groups in total. The van der Waals surface area contributed by atoms with Gasteiger partial charge in [-0.05, 0) is 50.1 Å². The average molecular weight is 471 g/mol. The minimum Gasteiger partial charge on any atom is -0.338 e. The van der Waals surface area contributed by atoms with Crippen LogP contribution in [-0.2, 0) is 10.2 Å². The zero-order valence-corrected chi connectivity index (χ0v) is 20.3. The number of carbonyl (C=O) groups excluding carboxylic acids is 3. The highest BCUT2D eigenvalue weighted by Crippen LogP contribution is 2.27. The van der Waals surface area contributed by atoms with Crippen LogP contribution < -0.4 is 5.32 Å². The highest BCUT2D eigenvalue weighted by atomic mass is 16.2. The number of para-hydroxylation sites is 1. The van der Waals surface area contributed by atoms with Gasteiger partial charge in [0.25, 0.3) is 11.8 Å². The van der Waals surface area contributed by atoms with Crippen molar-refractivity contribution in [1.82, 2.24) is 14.8 Å². The third kappa shape index (κ3) is 5.09. The third-order valence-electron chi connectivity index (χ3n) is 6.57. The quantitative estimate of drug-likeness (QED) is 0.613. The van der Waals surface area contributed by atoms with Gasteiger partial charge in [-0.25, -0.2) is 0 Å². The van der Waals surface area contributed by atoms with E-state index >= 15 is 0 Å². The average Bonchev–Trinajstić information content (AvgIpc) is 2.90. The number of nitrogens with one attached hydrogen (secondary N) is 1. The number of aromatic nitrogens is 1. The zero-order valence-electron chi connectivity index (χ0n) is 20.3. The summed E-state index contributed by atoms with van der Waals surface area (Å²) in [5, 5.41) is 2.90. The number of piperazine rings is 1. The Morgan fingerprint density at radius 2 is 1.46 bits per heavy atom. The molecule has 2 aromatic carbocycles. The predicted molar refractivity (Wildman–Crippen MR) is 135 cm³/mol. The van der Waals surface area contributed by atoms with Crippen LogP contribution in [0.2, 0.25) is 0 Å². The van der Waals surface area contributed by atoms with E-state index in [1.54, 1.807) is 35.5 Å². The molecule has 0 atom stereocenters. The van der Waals surface area contributed by atoms with Crippen LogP contribution in [0.15, 0.2) is 73.1 Å². The van der Waals surface area contributed by atoms with Crippen LogP contribution in [0.4, 0.5) is 5.69 Å². The van der Waals surface area contributed by atoms with E-state index in [9.17, 15) is 14.4 Å².